The fourth-order valence-corrected chi connectivity index (χ4v) is 1.86. The highest BCUT2D eigenvalue weighted by atomic mass is 16.6. The standard InChI is InChI=1S/C12H13NO5/c1-17-9-4-2-3-8(7-9)13-10(11(14)15)5-6-18-12(13)16/h2-4,7,10H,5-6H2,1H3,(H,14,15). The Balaban J connectivity index is 2.37. The van der Waals surface area contributed by atoms with E-state index in [1.165, 1.54) is 7.11 Å². The highest BCUT2D eigenvalue weighted by Crippen LogP contribution is 2.26. The zero-order chi connectivity index (χ0) is 13.1. The third kappa shape index (κ3) is 2.22. The normalized spacial score (nSPS) is 19.3. The molecule has 1 aromatic carbocycles. The van der Waals surface area contributed by atoms with Gasteiger partial charge in [-0.05, 0) is 12.1 Å². The van der Waals surface area contributed by atoms with Gasteiger partial charge in [-0.1, -0.05) is 6.07 Å². The highest BCUT2D eigenvalue weighted by Gasteiger charge is 2.35. The van der Waals surface area contributed by atoms with Crippen LogP contribution in [0, 0.1) is 0 Å². The lowest BCUT2D eigenvalue weighted by Gasteiger charge is -2.32. The Morgan fingerprint density at radius 2 is 2.33 bits per heavy atom. The summed E-state index contributed by atoms with van der Waals surface area (Å²) in [5, 5.41) is 9.13. The molecule has 1 aliphatic heterocycles. The number of rotatable bonds is 3. The molecule has 1 unspecified atom stereocenters. The van der Waals surface area contributed by atoms with Crippen molar-refractivity contribution in [1.29, 1.82) is 0 Å². The quantitative estimate of drug-likeness (QED) is 0.880. The topological polar surface area (TPSA) is 76.1 Å². The van der Waals surface area contributed by atoms with Gasteiger partial charge in [0, 0.05) is 12.5 Å². The summed E-state index contributed by atoms with van der Waals surface area (Å²) in [6.45, 7) is 0.121. The number of carbonyl (C=O) groups is 2. The molecule has 2 rings (SSSR count). The first-order chi connectivity index (χ1) is 8.63. The maximum atomic E-state index is 11.7. The van der Waals surface area contributed by atoms with E-state index in [2.05, 4.69) is 0 Å². The first-order valence-electron chi connectivity index (χ1n) is 5.46. The number of aliphatic carboxylic acids is 1. The van der Waals surface area contributed by atoms with E-state index >= 15 is 0 Å². The molecule has 1 aliphatic rings. The highest BCUT2D eigenvalue weighted by molar-refractivity contribution is 5.96. The molecular weight excluding hydrogens is 238 g/mol. The minimum absolute atomic E-state index is 0.121. The van der Waals surface area contributed by atoms with Gasteiger partial charge in [-0.2, -0.15) is 0 Å². The van der Waals surface area contributed by atoms with Gasteiger partial charge in [0.2, 0.25) is 0 Å². The molecule has 0 radical (unpaired) electrons. The fraction of sp³-hybridized carbons (Fsp3) is 0.333. The Labute approximate surface area is 104 Å². The maximum absolute atomic E-state index is 11.7. The number of nitrogens with zero attached hydrogens (tertiary/aromatic N) is 1. The van der Waals surface area contributed by atoms with Crippen LogP contribution in [0.2, 0.25) is 0 Å². The van der Waals surface area contributed by atoms with Crippen LogP contribution in [-0.4, -0.2) is 36.9 Å². The molecule has 1 heterocycles. The van der Waals surface area contributed by atoms with Crippen LogP contribution in [0.4, 0.5) is 10.5 Å². The summed E-state index contributed by atoms with van der Waals surface area (Å²) < 4.78 is 9.93. The number of hydrogen-bond donors (Lipinski definition) is 1. The van der Waals surface area contributed by atoms with Gasteiger partial charge in [-0.3, -0.25) is 4.90 Å². The van der Waals surface area contributed by atoms with E-state index in [9.17, 15) is 9.59 Å². The van der Waals surface area contributed by atoms with Crippen LogP contribution in [-0.2, 0) is 9.53 Å². The van der Waals surface area contributed by atoms with Gasteiger partial charge >= 0.3 is 12.1 Å². The molecule has 6 nitrogen and oxygen atoms in total. The van der Waals surface area contributed by atoms with Crippen LogP contribution in [0.5, 0.6) is 5.75 Å². The van der Waals surface area contributed by atoms with Gasteiger partial charge in [0.1, 0.15) is 11.8 Å². The Morgan fingerprint density at radius 1 is 1.56 bits per heavy atom. The lowest BCUT2D eigenvalue weighted by atomic mass is 10.1. The molecule has 1 fully saturated rings. The number of methoxy groups -OCH3 is 1. The van der Waals surface area contributed by atoms with Crippen molar-refractivity contribution in [3.63, 3.8) is 0 Å². The van der Waals surface area contributed by atoms with Gasteiger partial charge in [-0.25, -0.2) is 9.59 Å². The SMILES string of the molecule is COc1cccc(N2C(=O)OCCC2C(=O)O)c1. The molecule has 96 valence electrons. The summed E-state index contributed by atoms with van der Waals surface area (Å²) in [4.78, 5) is 24.0. The molecule has 1 amide bonds. The van der Waals surface area contributed by atoms with Crippen LogP contribution in [0.15, 0.2) is 24.3 Å². The molecule has 0 bridgehead atoms. The first-order valence-corrected chi connectivity index (χ1v) is 5.46. The van der Waals surface area contributed by atoms with Gasteiger partial charge < -0.3 is 14.6 Å². The monoisotopic (exact) mass is 251 g/mol. The average molecular weight is 251 g/mol. The van der Waals surface area contributed by atoms with E-state index in [1.54, 1.807) is 24.3 Å². The zero-order valence-electron chi connectivity index (χ0n) is 9.83. The Hall–Kier alpha value is -2.24. The van der Waals surface area contributed by atoms with Gasteiger partial charge in [0.05, 0.1) is 19.4 Å². The number of ether oxygens (including phenoxy) is 2. The summed E-state index contributed by atoms with van der Waals surface area (Å²) in [6.07, 6.45) is -0.389. The number of cyclic esters (lactones) is 1. The number of carboxylic acid groups (broad SMARTS) is 1. The Kier molecular flexibility index (Phi) is 3.36. The number of carbonyl (C=O) groups excluding carboxylic acids is 1. The molecule has 1 saturated heterocycles. The van der Waals surface area contributed by atoms with Crippen LogP contribution >= 0.6 is 0 Å². The second-order valence-electron chi connectivity index (χ2n) is 3.83. The van der Waals surface area contributed by atoms with Crippen molar-refractivity contribution in [1.82, 2.24) is 0 Å². The smallest absolute Gasteiger partial charge is 0.415 e. The molecule has 1 aromatic rings. The molecule has 1 N–H and O–H groups in total. The van der Waals surface area contributed by atoms with Crippen LogP contribution < -0.4 is 9.64 Å². The second kappa shape index (κ2) is 4.95. The number of carboxylic acids is 1. The van der Waals surface area contributed by atoms with E-state index < -0.39 is 18.1 Å². The number of benzene rings is 1. The second-order valence-corrected chi connectivity index (χ2v) is 3.83. The van der Waals surface area contributed by atoms with Gasteiger partial charge in [0.15, 0.2) is 0 Å². The van der Waals surface area contributed by atoms with Crippen LogP contribution in [0.3, 0.4) is 0 Å². The van der Waals surface area contributed by atoms with Gasteiger partial charge in [0.25, 0.3) is 0 Å². The maximum Gasteiger partial charge on any atom is 0.415 e. The van der Waals surface area contributed by atoms with Crippen molar-refractivity contribution in [2.24, 2.45) is 0 Å². The van der Waals surface area contributed by atoms with Crippen molar-refractivity contribution in [2.45, 2.75) is 12.5 Å². The van der Waals surface area contributed by atoms with E-state index in [4.69, 9.17) is 14.6 Å². The van der Waals surface area contributed by atoms with E-state index in [0.717, 1.165) is 4.90 Å². The van der Waals surface area contributed by atoms with Crippen molar-refractivity contribution in [3.8, 4) is 5.75 Å². The Morgan fingerprint density at radius 3 is 3.00 bits per heavy atom. The lowest BCUT2D eigenvalue weighted by molar-refractivity contribution is -0.139. The van der Waals surface area contributed by atoms with Crippen molar-refractivity contribution < 1.29 is 24.2 Å². The number of amides is 1. The number of hydrogen-bond acceptors (Lipinski definition) is 4. The summed E-state index contributed by atoms with van der Waals surface area (Å²) in [5.74, 6) is -0.496. The van der Waals surface area contributed by atoms with Crippen LogP contribution in [0.1, 0.15) is 6.42 Å². The molecule has 0 aromatic heterocycles. The predicted octanol–water partition coefficient (Wildman–Crippen LogP) is 1.50. The average Bonchev–Trinajstić information content (AvgIpc) is 2.38. The van der Waals surface area contributed by atoms with E-state index in [1.807, 2.05) is 0 Å². The molecule has 0 saturated carbocycles. The summed E-state index contributed by atoms with van der Waals surface area (Å²) in [5.41, 5.74) is 0.450. The minimum Gasteiger partial charge on any atom is -0.497 e. The van der Waals surface area contributed by atoms with E-state index in [-0.39, 0.29) is 13.0 Å². The third-order valence-electron chi connectivity index (χ3n) is 2.74. The molecule has 1 atom stereocenters. The fourth-order valence-electron chi connectivity index (χ4n) is 1.86. The summed E-state index contributed by atoms with van der Waals surface area (Å²) in [6, 6.07) is 5.75. The van der Waals surface area contributed by atoms with Crippen LogP contribution in [0.25, 0.3) is 0 Å². The molecule has 0 spiro atoms. The van der Waals surface area contributed by atoms with Crippen molar-refractivity contribution in [2.75, 3.05) is 18.6 Å². The lowest BCUT2D eigenvalue weighted by Crippen LogP contribution is -2.50. The third-order valence-corrected chi connectivity index (χ3v) is 2.74. The van der Waals surface area contributed by atoms with Gasteiger partial charge in [-0.15, -0.1) is 0 Å². The summed E-state index contributed by atoms with van der Waals surface area (Å²) in [7, 11) is 1.50. The molecular formula is C12H13NO5. The Bertz CT molecular complexity index is 473. The largest absolute Gasteiger partial charge is 0.497 e. The van der Waals surface area contributed by atoms with Crippen molar-refractivity contribution >= 4 is 17.7 Å². The molecule has 6 heteroatoms. The number of anilines is 1. The van der Waals surface area contributed by atoms with E-state index in [0.29, 0.717) is 11.4 Å². The molecule has 0 aliphatic carbocycles. The summed E-state index contributed by atoms with van der Waals surface area (Å²) >= 11 is 0. The predicted molar refractivity (Wildman–Crippen MR) is 62.9 cm³/mol. The molecule has 18 heavy (non-hydrogen) atoms. The van der Waals surface area contributed by atoms with Crippen molar-refractivity contribution in [3.05, 3.63) is 24.3 Å². The zero-order valence-corrected chi connectivity index (χ0v) is 9.83. The minimum atomic E-state index is -1.05. The first kappa shape index (κ1) is 12.2.